The Labute approximate surface area is 119 Å². The number of carbonyl (C=O) groups excluding carboxylic acids is 1. The number of benzene rings is 1. The quantitative estimate of drug-likeness (QED) is 0.851. The van der Waals surface area contributed by atoms with E-state index < -0.39 is 43.5 Å². The number of carboxylic acid groups (broad SMARTS) is 1. The molecule has 0 spiro atoms. The largest absolute Gasteiger partial charge is 0.480 e. The van der Waals surface area contributed by atoms with E-state index in [1.807, 2.05) is 0 Å². The normalized spacial score (nSPS) is 20.5. The van der Waals surface area contributed by atoms with E-state index in [2.05, 4.69) is 0 Å². The van der Waals surface area contributed by atoms with E-state index in [1.165, 1.54) is 0 Å². The first-order chi connectivity index (χ1) is 9.73. The zero-order valence-corrected chi connectivity index (χ0v) is 11.6. The molecule has 2 rings (SSSR count). The lowest BCUT2D eigenvalue weighted by molar-refractivity contribution is -0.137. The predicted octanol–water partition coefficient (Wildman–Crippen LogP) is 1.56. The van der Waals surface area contributed by atoms with E-state index in [0.29, 0.717) is 12.1 Å². The first-order valence-corrected chi connectivity index (χ1v) is 7.71. The molecule has 114 valence electrons. The first kappa shape index (κ1) is 15.6. The van der Waals surface area contributed by atoms with Gasteiger partial charge in [0.2, 0.25) is 0 Å². The molecule has 1 N–H and O–H groups in total. The molecular formula is C13H12F2O5S. The van der Waals surface area contributed by atoms with Crippen LogP contribution in [0.1, 0.15) is 19.3 Å². The molecule has 1 aromatic carbocycles. The minimum absolute atomic E-state index is 0.127. The van der Waals surface area contributed by atoms with Crippen LogP contribution in [0.15, 0.2) is 23.1 Å². The summed E-state index contributed by atoms with van der Waals surface area (Å²) in [6.45, 7) is 0. The summed E-state index contributed by atoms with van der Waals surface area (Å²) in [5.41, 5.74) is 0. The third-order valence-corrected chi connectivity index (χ3v) is 5.68. The van der Waals surface area contributed by atoms with Gasteiger partial charge in [0.1, 0.15) is 5.78 Å². The minimum atomic E-state index is -4.40. The monoisotopic (exact) mass is 318 g/mol. The van der Waals surface area contributed by atoms with Crippen molar-refractivity contribution >= 4 is 21.6 Å². The van der Waals surface area contributed by atoms with E-state index in [1.54, 1.807) is 0 Å². The smallest absolute Gasteiger partial charge is 0.322 e. The van der Waals surface area contributed by atoms with E-state index in [-0.39, 0.29) is 25.0 Å². The van der Waals surface area contributed by atoms with Crippen molar-refractivity contribution in [2.75, 3.05) is 0 Å². The number of sulfone groups is 1. The standard InChI is InChI=1S/C13H12F2O5S/c14-10-4-3-9(6-11(10)15)21(19,20)12(13(17)18)7-1-2-8(16)5-7/h3-4,6-7,12H,1-2,5H2,(H,17,18). The molecule has 8 heteroatoms. The molecule has 0 bridgehead atoms. The summed E-state index contributed by atoms with van der Waals surface area (Å²) < 4.78 is 50.7. The Morgan fingerprint density at radius 2 is 1.95 bits per heavy atom. The van der Waals surface area contributed by atoms with Crippen molar-refractivity contribution in [3.8, 4) is 0 Å². The molecule has 0 heterocycles. The number of hydrogen-bond donors (Lipinski definition) is 1. The molecule has 1 aliphatic carbocycles. The van der Waals surface area contributed by atoms with E-state index in [0.717, 1.165) is 6.07 Å². The Bertz CT molecular complexity index is 699. The molecular weight excluding hydrogens is 306 g/mol. The fraction of sp³-hybridized carbons (Fsp3) is 0.385. The lowest BCUT2D eigenvalue weighted by Crippen LogP contribution is -2.36. The first-order valence-electron chi connectivity index (χ1n) is 6.17. The van der Waals surface area contributed by atoms with Crippen LogP contribution in [0.5, 0.6) is 0 Å². The van der Waals surface area contributed by atoms with Gasteiger partial charge in [-0.05, 0) is 30.5 Å². The lowest BCUT2D eigenvalue weighted by atomic mass is 10.0. The van der Waals surface area contributed by atoms with Crippen molar-refractivity contribution in [1.82, 2.24) is 0 Å². The summed E-state index contributed by atoms with van der Waals surface area (Å²) >= 11 is 0. The topological polar surface area (TPSA) is 88.5 Å². The highest BCUT2D eigenvalue weighted by Crippen LogP contribution is 2.32. The van der Waals surface area contributed by atoms with Gasteiger partial charge >= 0.3 is 5.97 Å². The highest BCUT2D eigenvalue weighted by atomic mass is 32.2. The Morgan fingerprint density at radius 3 is 2.43 bits per heavy atom. The van der Waals surface area contributed by atoms with Gasteiger partial charge < -0.3 is 5.11 Å². The molecule has 1 aromatic rings. The third kappa shape index (κ3) is 2.94. The van der Waals surface area contributed by atoms with E-state index in [9.17, 15) is 31.9 Å². The third-order valence-electron chi connectivity index (χ3n) is 3.51. The maximum atomic E-state index is 13.2. The van der Waals surface area contributed by atoms with Gasteiger partial charge in [0.15, 0.2) is 26.7 Å². The molecule has 0 saturated heterocycles. The van der Waals surface area contributed by atoms with Gasteiger partial charge in [0.05, 0.1) is 4.90 Å². The number of hydrogen-bond acceptors (Lipinski definition) is 4. The van der Waals surface area contributed by atoms with Crippen LogP contribution in [0.2, 0.25) is 0 Å². The highest BCUT2D eigenvalue weighted by molar-refractivity contribution is 7.92. The van der Waals surface area contributed by atoms with Crippen molar-refractivity contribution in [3.63, 3.8) is 0 Å². The molecule has 2 atom stereocenters. The van der Waals surface area contributed by atoms with Crippen LogP contribution in [0.25, 0.3) is 0 Å². The van der Waals surface area contributed by atoms with Crippen LogP contribution in [0.3, 0.4) is 0 Å². The molecule has 0 aromatic heterocycles. The summed E-state index contributed by atoms with van der Waals surface area (Å²) in [5.74, 6) is -5.25. The van der Waals surface area contributed by atoms with Crippen molar-refractivity contribution < 1.29 is 31.9 Å². The Morgan fingerprint density at radius 1 is 1.29 bits per heavy atom. The Hall–Kier alpha value is -1.83. The van der Waals surface area contributed by atoms with Gasteiger partial charge in [-0.15, -0.1) is 0 Å². The average molecular weight is 318 g/mol. The zero-order valence-electron chi connectivity index (χ0n) is 10.8. The van der Waals surface area contributed by atoms with Crippen molar-refractivity contribution in [1.29, 1.82) is 0 Å². The lowest BCUT2D eigenvalue weighted by Gasteiger charge is -2.19. The van der Waals surface area contributed by atoms with Crippen LogP contribution in [-0.2, 0) is 19.4 Å². The fourth-order valence-electron chi connectivity index (χ4n) is 2.49. The fourth-order valence-corrected chi connectivity index (χ4v) is 4.31. The second-order valence-electron chi connectivity index (χ2n) is 4.92. The Kier molecular flexibility index (Phi) is 4.08. The van der Waals surface area contributed by atoms with Gasteiger partial charge in [0.25, 0.3) is 0 Å². The highest BCUT2D eigenvalue weighted by Gasteiger charge is 2.43. The average Bonchev–Trinajstić information content (AvgIpc) is 2.78. The van der Waals surface area contributed by atoms with Crippen LogP contribution < -0.4 is 0 Å². The van der Waals surface area contributed by atoms with Crippen LogP contribution >= 0.6 is 0 Å². The molecule has 0 amide bonds. The molecule has 0 radical (unpaired) electrons. The maximum Gasteiger partial charge on any atom is 0.322 e. The molecule has 1 saturated carbocycles. The molecule has 5 nitrogen and oxygen atoms in total. The van der Waals surface area contributed by atoms with Crippen LogP contribution in [0.4, 0.5) is 8.78 Å². The second kappa shape index (κ2) is 5.51. The molecule has 2 unspecified atom stereocenters. The molecule has 1 aliphatic rings. The summed E-state index contributed by atoms with van der Waals surface area (Å²) in [7, 11) is -4.40. The number of Topliss-reactive ketones (excluding diaryl/α,β-unsaturated/α-hetero) is 1. The predicted molar refractivity (Wildman–Crippen MR) is 67.3 cm³/mol. The van der Waals surface area contributed by atoms with Crippen molar-refractivity contribution in [3.05, 3.63) is 29.8 Å². The molecule has 21 heavy (non-hydrogen) atoms. The number of aliphatic carboxylic acids is 1. The van der Waals surface area contributed by atoms with E-state index in [4.69, 9.17) is 0 Å². The SMILES string of the molecule is O=C1CCC(C(C(=O)O)S(=O)(=O)c2ccc(F)c(F)c2)C1. The van der Waals surface area contributed by atoms with Crippen LogP contribution in [-0.4, -0.2) is 30.5 Å². The maximum absolute atomic E-state index is 13.2. The van der Waals surface area contributed by atoms with Crippen molar-refractivity contribution in [2.45, 2.75) is 29.4 Å². The number of ketones is 1. The van der Waals surface area contributed by atoms with Crippen LogP contribution in [0, 0.1) is 17.6 Å². The number of carboxylic acids is 1. The summed E-state index contributed by atoms with van der Waals surface area (Å²) in [4.78, 5) is 21.9. The van der Waals surface area contributed by atoms with Gasteiger partial charge in [-0.2, -0.15) is 0 Å². The van der Waals surface area contributed by atoms with Crippen molar-refractivity contribution in [2.24, 2.45) is 5.92 Å². The molecule has 0 aliphatic heterocycles. The Balaban J connectivity index is 2.45. The number of carbonyl (C=O) groups is 2. The number of halogens is 2. The summed E-state index contributed by atoms with van der Waals surface area (Å²) in [6.07, 6.45) is 0.139. The van der Waals surface area contributed by atoms with Gasteiger partial charge in [-0.1, -0.05) is 0 Å². The molecule has 1 fully saturated rings. The zero-order chi connectivity index (χ0) is 15.8. The van der Waals surface area contributed by atoms with E-state index >= 15 is 0 Å². The van der Waals surface area contributed by atoms with Gasteiger partial charge in [0, 0.05) is 12.8 Å². The number of rotatable bonds is 4. The minimum Gasteiger partial charge on any atom is -0.480 e. The second-order valence-corrected chi connectivity index (χ2v) is 6.99. The van der Waals surface area contributed by atoms with Gasteiger partial charge in [-0.25, -0.2) is 17.2 Å². The summed E-state index contributed by atoms with van der Waals surface area (Å²) in [5, 5.41) is 7.34. The van der Waals surface area contributed by atoms with Gasteiger partial charge in [-0.3, -0.25) is 9.59 Å². The summed E-state index contributed by atoms with van der Waals surface area (Å²) in [6, 6.07) is 1.90.